The Labute approximate surface area is 138 Å². The first-order valence-electron chi connectivity index (χ1n) is 8.51. The smallest absolute Gasteiger partial charge is 0.137 e. The lowest BCUT2D eigenvalue weighted by Crippen LogP contribution is -2.49. The van der Waals surface area contributed by atoms with Crippen molar-refractivity contribution in [1.82, 2.24) is 19.8 Å². The average molecular weight is 313 g/mol. The molecule has 0 radical (unpaired) electrons. The van der Waals surface area contributed by atoms with Crippen molar-refractivity contribution in [3.63, 3.8) is 0 Å². The van der Waals surface area contributed by atoms with E-state index in [2.05, 4.69) is 40.8 Å². The highest BCUT2D eigenvalue weighted by Gasteiger charge is 2.27. The van der Waals surface area contributed by atoms with Gasteiger partial charge in [-0.2, -0.15) is 0 Å². The van der Waals surface area contributed by atoms with Crippen LogP contribution in [0.2, 0.25) is 0 Å². The number of hydrogen-bond acceptors (Lipinski definition) is 4. The van der Waals surface area contributed by atoms with Crippen LogP contribution in [-0.2, 0) is 0 Å². The lowest BCUT2D eigenvalue weighted by Gasteiger charge is -2.38. The molecular formula is C18H27N5. The van der Waals surface area contributed by atoms with Crippen molar-refractivity contribution >= 4 is 0 Å². The molecule has 1 unspecified atom stereocenters. The van der Waals surface area contributed by atoms with Gasteiger partial charge in [0, 0.05) is 44.0 Å². The fourth-order valence-electron chi connectivity index (χ4n) is 3.36. The molecule has 0 bridgehead atoms. The second-order valence-corrected chi connectivity index (χ2v) is 6.18. The number of piperazine rings is 1. The number of nitrogens with two attached hydrogens (primary N) is 1. The maximum atomic E-state index is 6.11. The predicted octanol–water partition coefficient (Wildman–Crippen LogP) is 2.02. The summed E-state index contributed by atoms with van der Waals surface area (Å²) in [6, 6.07) is 10.5. The SMILES string of the molecule is CCN1CCN(C(CN)c2nc(-c3ccccc3)[nH]c2C)CC1. The summed E-state index contributed by atoms with van der Waals surface area (Å²) in [5.74, 6) is 0.934. The average Bonchev–Trinajstić information content (AvgIpc) is 2.99. The van der Waals surface area contributed by atoms with Gasteiger partial charge in [0.15, 0.2) is 0 Å². The Balaban J connectivity index is 1.81. The van der Waals surface area contributed by atoms with Crippen molar-refractivity contribution in [2.75, 3.05) is 39.3 Å². The summed E-state index contributed by atoms with van der Waals surface area (Å²) in [4.78, 5) is 13.3. The molecule has 2 aromatic rings. The number of rotatable bonds is 5. The summed E-state index contributed by atoms with van der Waals surface area (Å²) in [5.41, 5.74) is 9.45. The molecule has 3 N–H and O–H groups in total. The Morgan fingerprint density at radius 1 is 1.17 bits per heavy atom. The number of benzene rings is 1. The zero-order valence-corrected chi connectivity index (χ0v) is 14.1. The van der Waals surface area contributed by atoms with Crippen LogP contribution in [0, 0.1) is 6.92 Å². The van der Waals surface area contributed by atoms with Gasteiger partial charge in [0.2, 0.25) is 0 Å². The number of likely N-dealkylation sites (N-methyl/N-ethyl adjacent to an activating group) is 1. The maximum Gasteiger partial charge on any atom is 0.137 e. The molecule has 1 saturated heterocycles. The third-order valence-corrected chi connectivity index (χ3v) is 4.80. The lowest BCUT2D eigenvalue weighted by atomic mass is 10.1. The minimum Gasteiger partial charge on any atom is -0.342 e. The molecule has 3 rings (SSSR count). The molecule has 1 atom stereocenters. The van der Waals surface area contributed by atoms with E-state index >= 15 is 0 Å². The number of hydrogen-bond donors (Lipinski definition) is 2. The van der Waals surface area contributed by atoms with Gasteiger partial charge >= 0.3 is 0 Å². The van der Waals surface area contributed by atoms with Crippen LogP contribution in [0.3, 0.4) is 0 Å². The lowest BCUT2D eigenvalue weighted by molar-refractivity contribution is 0.100. The van der Waals surface area contributed by atoms with Crippen molar-refractivity contribution in [3.8, 4) is 11.4 Å². The van der Waals surface area contributed by atoms with E-state index in [0.29, 0.717) is 6.54 Å². The van der Waals surface area contributed by atoms with Crippen LogP contribution in [0.5, 0.6) is 0 Å². The van der Waals surface area contributed by atoms with Gasteiger partial charge in [-0.3, -0.25) is 4.90 Å². The van der Waals surface area contributed by atoms with E-state index in [4.69, 9.17) is 10.7 Å². The second kappa shape index (κ2) is 7.25. The van der Waals surface area contributed by atoms with Crippen molar-refractivity contribution in [3.05, 3.63) is 41.7 Å². The Morgan fingerprint density at radius 2 is 1.87 bits per heavy atom. The van der Waals surface area contributed by atoms with Gasteiger partial charge in [-0.05, 0) is 13.5 Å². The molecule has 5 heteroatoms. The number of H-pyrrole nitrogens is 1. The topological polar surface area (TPSA) is 61.2 Å². The molecule has 2 heterocycles. The van der Waals surface area contributed by atoms with Crippen LogP contribution >= 0.6 is 0 Å². The molecule has 0 amide bonds. The monoisotopic (exact) mass is 313 g/mol. The van der Waals surface area contributed by atoms with Gasteiger partial charge < -0.3 is 15.6 Å². The predicted molar refractivity (Wildman–Crippen MR) is 94.2 cm³/mol. The quantitative estimate of drug-likeness (QED) is 0.886. The standard InChI is InChI=1S/C18H27N5/c1-3-22-9-11-23(12-10-22)16(13-19)17-14(2)20-18(21-17)15-7-5-4-6-8-15/h4-8,16H,3,9-13,19H2,1-2H3,(H,20,21). The van der Waals surface area contributed by atoms with E-state index in [-0.39, 0.29) is 6.04 Å². The number of nitrogens with zero attached hydrogens (tertiary/aromatic N) is 3. The van der Waals surface area contributed by atoms with Crippen molar-refractivity contribution in [2.45, 2.75) is 19.9 Å². The molecule has 1 aromatic carbocycles. The minimum absolute atomic E-state index is 0.197. The summed E-state index contributed by atoms with van der Waals surface area (Å²) in [6.07, 6.45) is 0. The second-order valence-electron chi connectivity index (χ2n) is 6.18. The van der Waals surface area contributed by atoms with E-state index in [1.165, 1.54) is 0 Å². The summed E-state index contributed by atoms with van der Waals surface area (Å²) >= 11 is 0. The van der Waals surface area contributed by atoms with E-state index in [1.54, 1.807) is 0 Å². The van der Waals surface area contributed by atoms with Crippen LogP contribution < -0.4 is 5.73 Å². The molecule has 124 valence electrons. The van der Waals surface area contributed by atoms with E-state index in [0.717, 1.165) is 55.5 Å². The van der Waals surface area contributed by atoms with Gasteiger partial charge in [0.05, 0.1) is 11.7 Å². The molecule has 0 saturated carbocycles. The first-order valence-corrected chi connectivity index (χ1v) is 8.51. The fourth-order valence-corrected chi connectivity index (χ4v) is 3.36. The molecule has 1 aromatic heterocycles. The van der Waals surface area contributed by atoms with E-state index in [9.17, 15) is 0 Å². The number of nitrogens with one attached hydrogen (secondary N) is 1. The summed E-state index contributed by atoms with van der Waals surface area (Å²) in [5, 5.41) is 0. The summed E-state index contributed by atoms with van der Waals surface area (Å²) in [7, 11) is 0. The third-order valence-electron chi connectivity index (χ3n) is 4.80. The fraction of sp³-hybridized carbons (Fsp3) is 0.500. The van der Waals surface area contributed by atoms with Gasteiger partial charge in [-0.1, -0.05) is 37.3 Å². The first-order chi connectivity index (χ1) is 11.2. The Hall–Kier alpha value is -1.69. The van der Waals surface area contributed by atoms with E-state index in [1.807, 2.05) is 18.2 Å². The van der Waals surface area contributed by atoms with Crippen molar-refractivity contribution in [1.29, 1.82) is 0 Å². The Kier molecular flexibility index (Phi) is 5.10. The van der Waals surface area contributed by atoms with Gasteiger partial charge in [-0.15, -0.1) is 0 Å². The van der Waals surface area contributed by atoms with Crippen molar-refractivity contribution < 1.29 is 0 Å². The van der Waals surface area contributed by atoms with Crippen LogP contribution in [0.1, 0.15) is 24.4 Å². The molecule has 1 fully saturated rings. The number of aryl methyl sites for hydroxylation is 1. The Morgan fingerprint density at radius 3 is 2.48 bits per heavy atom. The third kappa shape index (κ3) is 3.47. The van der Waals surface area contributed by atoms with Crippen LogP contribution in [0.25, 0.3) is 11.4 Å². The molecule has 0 spiro atoms. The van der Waals surface area contributed by atoms with Crippen LogP contribution in [0.4, 0.5) is 0 Å². The number of aromatic amines is 1. The molecule has 1 aliphatic heterocycles. The Bertz CT molecular complexity index is 614. The molecule has 1 aliphatic rings. The van der Waals surface area contributed by atoms with Crippen LogP contribution in [0.15, 0.2) is 30.3 Å². The number of aromatic nitrogens is 2. The van der Waals surface area contributed by atoms with Crippen molar-refractivity contribution in [2.24, 2.45) is 5.73 Å². The van der Waals surface area contributed by atoms with Gasteiger partial charge in [0.25, 0.3) is 0 Å². The maximum absolute atomic E-state index is 6.11. The normalized spacial score (nSPS) is 18.2. The summed E-state index contributed by atoms with van der Waals surface area (Å²) in [6.45, 7) is 10.4. The van der Waals surface area contributed by atoms with Gasteiger partial charge in [0.1, 0.15) is 5.82 Å². The molecule has 23 heavy (non-hydrogen) atoms. The molecule has 0 aliphatic carbocycles. The highest BCUT2D eigenvalue weighted by atomic mass is 15.3. The zero-order chi connectivity index (χ0) is 16.2. The first kappa shape index (κ1) is 16.2. The van der Waals surface area contributed by atoms with E-state index < -0.39 is 0 Å². The molecular weight excluding hydrogens is 286 g/mol. The highest BCUT2D eigenvalue weighted by Crippen LogP contribution is 2.26. The minimum atomic E-state index is 0.197. The highest BCUT2D eigenvalue weighted by molar-refractivity contribution is 5.55. The largest absolute Gasteiger partial charge is 0.342 e. The zero-order valence-electron chi connectivity index (χ0n) is 14.1. The van der Waals surface area contributed by atoms with Crippen LogP contribution in [-0.4, -0.2) is 59.0 Å². The molecule has 5 nitrogen and oxygen atoms in total. The van der Waals surface area contributed by atoms with Gasteiger partial charge in [-0.25, -0.2) is 4.98 Å². The number of imidazole rings is 1. The summed E-state index contributed by atoms with van der Waals surface area (Å²) < 4.78 is 0.